The normalized spacial score (nSPS) is 14.5. The molecule has 1 aromatic rings. The molecule has 0 aliphatic rings. The van der Waals surface area contributed by atoms with Gasteiger partial charge in [-0.2, -0.15) is 4.39 Å². The lowest BCUT2D eigenvalue weighted by Crippen LogP contribution is -1.80. The average molecular weight is 118 g/mol. The van der Waals surface area contributed by atoms with Crippen molar-refractivity contribution in [3.05, 3.63) is 30.0 Å². The summed E-state index contributed by atoms with van der Waals surface area (Å²) in [6.45, 7) is 0. The molecule has 0 fully saturated rings. The van der Waals surface area contributed by atoms with E-state index in [1.54, 1.807) is 0 Å². The fraction of sp³-hybridized carbons (Fsp3) is 0. The van der Waals surface area contributed by atoms with E-state index in [0.29, 0.717) is 0 Å². The van der Waals surface area contributed by atoms with E-state index in [4.69, 9.17) is 4.11 Å². The minimum atomic E-state index is -1.36. The van der Waals surface area contributed by atoms with Crippen LogP contribution in [0.2, 0.25) is 0 Å². The topological polar surface area (TPSA) is 12.9 Å². The second-order valence-electron chi connectivity index (χ2n) is 1.08. The zero-order valence-corrected chi connectivity index (χ0v) is 3.70. The van der Waals surface area contributed by atoms with Crippen molar-refractivity contribution < 1.29 is 12.9 Å². The fourth-order valence-corrected chi connectivity index (χ4v) is 0.276. The van der Waals surface area contributed by atoms with Gasteiger partial charge in [-0.25, -0.2) is 9.37 Å². The molecule has 1 rings (SSSR count). The van der Waals surface area contributed by atoms with Gasteiger partial charge in [-0.15, -0.1) is 0 Å². The first-order valence-electron chi connectivity index (χ1n) is 3.33. The van der Waals surface area contributed by atoms with Gasteiger partial charge in [0.2, 0.25) is 5.95 Å². The van der Waals surface area contributed by atoms with Crippen LogP contribution >= 0.6 is 0 Å². The largest absolute Gasteiger partial charge is 0.228 e. The van der Waals surface area contributed by atoms with Gasteiger partial charge in [0, 0.05) is 12.2 Å². The highest BCUT2D eigenvalue weighted by Crippen LogP contribution is 1.95. The third-order valence-electron chi connectivity index (χ3n) is 0.533. The molecule has 0 saturated carbocycles. The van der Waals surface area contributed by atoms with E-state index < -0.39 is 30.0 Å². The minimum Gasteiger partial charge on any atom is -0.228 e. The standard InChI is InChI=1S/C5H3F2N/c6-4-1-2-8-5(7)3-4/h1-3H/i1D,2D,3D. The van der Waals surface area contributed by atoms with E-state index in [0.717, 1.165) is 0 Å². The van der Waals surface area contributed by atoms with Gasteiger partial charge in [0.25, 0.3) is 0 Å². The molecule has 0 aromatic carbocycles. The summed E-state index contributed by atoms with van der Waals surface area (Å²) in [5.41, 5.74) is 0. The van der Waals surface area contributed by atoms with Crippen LogP contribution in [0, 0.1) is 11.8 Å². The molecule has 0 bridgehead atoms. The fourth-order valence-electron chi connectivity index (χ4n) is 0.276. The molecular formula is C5H3F2N. The molecule has 0 amide bonds. The third-order valence-corrected chi connectivity index (χ3v) is 0.533. The predicted molar refractivity (Wildman–Crippen MR) is 24.2 cm³/mol. The van der Waals surface area contributed by atoms with Crippen molar-refractivity contribution in [3.63, 3.8) is 0 Å². The molecule has 1 nitrogen and oxygen atoms in total. The second kappa shape index (κ2) is 1.86. The summed E-state index contributed by atoms with van der Waals surface area (Å²) < 4.78 is 44.9. The monoisotopic (exact) mass is 118 g/mol. The summed E-state index contributed by atoms with van der Waals surface area (Å²) in [6, 6.07) is -1.91. The van der Waals surface area contributed by atoms with Crippen LogP contribution in [0.3, 0.4) is 0 Å². The van der Waals surface area contributed by atoms with Crippen LogP contribution < -0.4 is 0 Å². The van der Waals surface area contributed by atoms with Gasteiger partial charge in [0.1, 0.15) is 5.82 Å². The smallest absolute Gasteiger partial charge is 0.215 e. The van der Waals surface area contributed by atoms with Crippen LogP contribution in [0.4, 0.5) is 8.78 Å². The highest BCUT2D eigenvalue weighted by molar-refractivity contribution is 4.95. The van der Waals surface area contributed by atoms with Crippen molar-refractivity contribution in [1.82, 2.24) is 4.98 Å². The maximum Gasteiger partial charge on any atom is 0.215 e. The summed E-state index contributed by atoms with van der Waals surface area (Å²) >= 11 is 0. The maximum absolute atomic E-state index is 12.5. The molecule has 0 radical (unpaired) electrons. The minimum absolute atomic E-state index is 0.795. The Labute approximate surface area is 49.2 Å². The van der Waals surface area contributed by atoms with Gasteiger partial charge in [-0.05, 0) is 6.04 Å². The molecule has 8 heavy (non-hydrogen) atoms. The molecule has 0 aliphatic carbocycles. The first-order valence-corrected chi connectivity index (χ1v) is 1.83. The zero-order chi connectivity index (χ0) is 8.59. The van der Waals surface area contributed by atoms with E-state index in [2.05, 4.69) is 4.98 Å². The van der Waals surface area contributed by atoms with Gasteiger partial charge >= 0.3 is 0 Å². The molecule has 0 N–H and O–H groups in total. The van der Waals surface area contributed by atoms with Crippen LogP contribution in [-0.2, 0) is 0 Å². The molecule has 0 saturated heterocycles. The summed E-state index contributed by atoms with van der Waals surface area (Å²) in [5.74, 6) is -2.70. The van der Waals surface area contributed by atoms with E-state index >= 15 is 0 Å². The number of halogens is 2. The summed E-state index contributed by atoms with van der Waals surface area (Å²) in [7, 11) is 0. The lowest BCUT2D eigenvalue weighted by atomic mass is 10.5. The Kier molecular flexibility index (Phi) is 0.587. The first-order chi connectivity index (χ1) is 5.04. The Morgan fingerprint density at radius 1 is 1.62 bits per heavy atom. The molecule has 42 valence electrons. The molecule has 0 spiro atoms. The molecule has 0 aliphatic heterocycles. The van der Waals surface area contributed by atoms with Gasteiger partial charge in [-0.1, -0.05) is 0 Å². The first kappa shape index (κ1) is 2.53. The van der Waals surface area contributed by atoms with Crippen molar-refractivity contribution in [2.45, 2.75) is 0 Å². The Hall–Kier alpha value is -0.990. The molecule has 1 aromatic heterocycles. The van der Waals surface area contributed by atoms with Crippen molar-refractivity contribution in [3.8, 4) is 0 Å². The Balaban J connectivity index is 3.46. The molecule has 0 unspecified atom stereocenters. The Morgan fingerprint density at radius 2 is 2.38 bits per heavy atom. The average Bonchev–Trinajstić information content (AvgIpc) is 1.97. The molecule has 0 atom stereocenters. The van der Waals surface area contributed by atoms with Crippen molar-refractivity contribution in [2.75, 3.05) is 0 Å². The van der Waals surface area contributed by atoms with E-state index in [1.807, 2.05) is 0 Å². The van der Waals surface area contributed by atoms with E-state index in [-0.39, 0.29) is 0 Å². The van der Waals surface area contributed by atoms with Crippen LogP contribution in [0.15, 0.2) is 18.3 Å². The lowest BCUT2D eigenvalue weighted by molar-refractivity contribution is 0.552. The summed E-state index contributed by atoms with van der Waals surface area (Å²) in [6.07, 6.45) is -0.795. The Bertz CT molecular complexity index is 276. The maximum atomic E-state index is 12.5. The van der Waals surface area contributed by atoms with Crippen LogP contribution in [0.25, 0.3) is 0 Å². The van der Waals surface area contributed by atoms with E-state index in [9.17, 15) is 8.78 Å². The number of hydrogen-bond donors (Lipinski definition) is 0. The quantitative estimate of drug-likeness (QED) is 0.469. The van der Waals surface area contributed by atoms with Gasteiger partial charge in [-0.3, -0.25) is 0 Å². The van der Waals surface area contributed by atoms with Crippen LogP contribution in [0.5, 0.6) is 0 Å². The highest BCUT2D eigenvalue weighted by atomic mass is 19.1. The number of nitrogens with zero attached hydrogens (tertiary/aromatic N) is 1. The number of hydrogen-bond acceptors (Lipinski definition) is 1. The molecule has 1 heterocycles. The Morgan fingerprint density at radius 3 is 3.12 bits per heavy atom. The van der Waals surface area contributed by atoms with Crippen LogP contribution in [-0.4, -0.2) is 4.98 Å². The number of pyridine rings is 1. The van der Waals surface area contributed by atoms with Crippen molar-refractivity contribution >= 4 is 0 Å². The third kappa shape index (κ3) is 0.992. The van der Waals surface area contributed by atoms with Gasteiger partial charge in [0.05, 0.1) is 4.11 Å². The SMILES string of the molecule is [2H]c1nc(F)c([2H])c(F)c1[2H]. The zero-order valence-electron chi connectivity index (χ0n) is 6.70. The second-order valence-corrected chi connectivity index (χ2v) is 1.08. The molecular weight excluding hydrogens is 112 g/mol. The van der Waals surface area contributed by atoms with Crippen LogP contribution in [0.1, 0.15) is 4.11 Å². The predicted octanol–water partition coefficient (Wildman–Crippen LogP) is 1.36. The molecule has 3 heteroatoms. The van der Waals surface area contributed by atoms with E-state index in [1.165, 1.54) is 0 Å². The summed E-state index contributed by atoms with van der Waals surface area (Å²) in [4.78, 5) is 2.82. The number of rotatable bonds is 0. The lowest BCUT2D eigenvalue weighted by Gasteiger charge is -1.83. The van der Waals surface area contributed by atoms with Crippen molar-refractivity contribution in [2.24, 2.45) is 0 Å². The van der Waals surface area contributed by atoms with Gasteiger partial charge < -0.3 is 0 Å². The van der Waals surface area contributed by atoms with Crippen molar-refractivity contribution in [1.29, 1.82) is 0 Å². The highest BCUT2D eigenvalue weighted by Gasteiger charge is 1.89. The summed E-state index contributed by atoms with van der Waals surface area (Å²) in [5, 5.41) is 0. The van der Waals surface area contributed by atoms with Gasteiger partial charge in [0.15, 0.2) is 0 Å². The number of aromatic nitrogens is 1.